The Bertz CT molecular complexity index is 207. The van der Waals surface area contributed by atoms with Crippen LogP contribution in [0, 0.1) is 5.92 Å². The molecule has 1 saturated carbocycles. The van der Waals surface area contributed by atoms with Crippen LogP contribution >= 0.6 is 12.2 Å². The first kappa shape index (κ1) is 13.7. The molecular formula is C12H24N2OS. The number of nitrogens with one attached hydrogen (secondary N) is 1. The Kier molecular flexibility index (Phi) is 6.73. The van der Waals surface area contributed by atoms with E-state index in [0.29, 0.717) is 0 Å². The van der Waals surface area contributed by atoms with Crippen LogP contribution in [-0.2, 0) is 4.74 Å². The summed E-state index contributed by atoms with van der Waals surface area (Å²) in [6.45, 7) is 6.01. The molecule has 0 heterocycles. The van der Waals surface area contributed by atoms with Gasteiger partial charge in [-0.1, -0.05) is 6.42 Å². The second-order valence-electron chi connectivity index (χ2n) is 4.41. The average Bonchev–Trinajstić information content (AvgIpc) is 2.23. The van der Waals surface area contributed by atoms with Crippen LogP contribution in [0.5, 0.6) is 0 Å². The van der Waals surface area contributed by atoms with Crippen molar-refractivity contribution in [2.45, 2.75) is 32.6 Å². The summed E-state index contributed by atoms with van der Waals surface area (Å²) in [7, 11) is 1.73. The van der Waals surface area contributed by atoms with Crippen molar-refractivity contribution in [2.75, 3.05) is 33.4 Å². The highest BCUT2D eigenvalue weighted by Gasteiger charge is 2.20. The Labute approximate surface area is 105 Å². The first-order valence-electron chi connectivity index (χ1n) is 6.29. The maximum atomic E-state index is 5.39. The molecule has 94 valence electrons. The molecule has 0 unspecified atom stereocenters. The maximum absolute atomic E-state index is 5.39. The van der Waals surface area contributed by atoms with Gasteiger partial charge in [0.05, 0.1) is 0 Å². The minimum Gasteiger partial charge on any atom is -0.385 e. The Morgan fingerprint density at radius 2 is 2.25 bits per heavy atom. The predicted molar refractivity (Wildman–Crippen MR) is 71.7 cm³/mol. The molecule has 1 rings (SSSR count). The van der Waals surface area contributed by atoms with Gasteiger partial charge in [0.1, 0.15) is 0 Å². The molecule has 1 N–H and O–H groups in total. The van der Waals surface area contributed by atoms with E-state index in [1.54, 1.807) is 7.11 Å². The van der Waals surface area contributed by atoms with Crippen LogP contribution in [0.3, 0.4) is 0 Å². The van der Waals surface area contributed by atoms with Crippen molar-refractivity contribution in [1.82, 2.24) is 10.2 Å². The molecule has 0 aromatic heterocycles. The fraction of sp³-hybridized carbons (Fsp3) is 0.917. The van der Waals surface area contributed by atoms with E-state index in [1.807, 2.05) is 0 Å². The molecule has 0 spiro atoms. The summed E-state index contributed by atoms with van der Waals surface area (Å²) in [6, 6.07) is 0. The second kappa shape index (κ2) is 7.85. The number of thiocarbonyl (C=S) groups is 1. The van der Waals surface area contributed by atoms with E-state index in [1.165, 1.54) is 19.3 Å². The van der Waals surface area contributed by atoms with Crippen LogP contribution in [-0.4, -0.2) is 43.4 Å². The third-order valence-electron chi connectivity index (χ3n) is 3.17. The molecule has 16 heavy (non-hydrogen) atoms. The highest BCUT2D eigenvalue weighted by atomic mass is 32.1. The van der Waals surface area contributed by atoms with E-state index in [4.69, 9.17) is 17.0 Å². The van der Waals surface area contributed by atoms with Gasteiger partial charge in [-0.05, 0) is 44.3 Å². The van der Waals surface area contributed by atoms with Gasteiger partial charge in [-0.25, -0.2) is 0 Å². The van der Waals surface area contributed by atoms with Gasteiger partial charge in [-0.2, -0.15) is 0 Å². The Balaban J connectivity index is 2.14. The first-order chi connectivity index (χ1) is 7.77. The zero-order chi connectivity index (χ0) is 11.8. The molecule has 0 bridgehead atoms. The number of methoxy groups -OCH3 is 1. The zero-order valence-electron chi connectivity index (χ0n) is 10.5. The van der Waals surface area contributed by atoms with Crippen LogP contribution in [0.1, 0.15) is 32.6 Å². The van der Waals surface area contributed by atoms with Crippen molar-refractivity contribution < 1.29 is 4.74 Å². The number of ether oxygens (including phenoxy) is 1. The summed E-state index contributed by atoms with van der Waals surface area (Å²) in [4.78, 5) is 2.28. The molecule has 0 amide bonds. The molecule has 0 atom stereocenters. The minimum atomic E-state index is 0.796. The van der Waals surface area contributed by atoms with Crippen LogP contribution in [0.4, 0.5) is 0 Å². The van der Waals surface area contributed by atoms with Crippen LogP contribution in [0.15, 0.2) is 0 Å². The zero-order valence-corrected chi connectivity index (χ0v) is 11.3. The first-order valence-corrected chi connectivity index (χ1v) is 6.70. The van der Waals surface area contributed by atoms with Crippen LogP contribution in [0.25, 0.3) is 0 Å². The highest BCUT2D eigenvalue weighted by Crippen LogP contribution is 2.26. The van der Waals surface area contributed by atoms with Crippen molar-refractivity contribution in [2.24, 2.45) is 5.92 Å². The average molecular weight is 244 g/mol. The van der Waals surface area contributed by atoms with E-state index in [9.17, 15) is 0 Å². The minimum absolute atomic E-state index is 0.796. The standard InChI is InChI=1S/C12H24N2OS/c1-3-14(10-11-6-4-7-11)12(16)13-8-5-9-15-2/h11H,3-10H2,1-2H3,(H,13,16). The lowest BCUT2D eigenvalue weighted by Crippen LogP contribution is -2.43. The maximum Gasteiger partial charge on any atom is 0.168 e. The number of hydrogen-bond acceptors (Lipinski definition) is 2. The van der Waals surface area contributed by atoms with Crippen molar-refractivity contribution >= 4 is 17.3 Å². The van der Waals surface area contributed by atoms with E-state index in [2.05, 4.69) is 17.1 Å². The molecule has 0 aromatic rings. The quantitative estimate of drug-likeness (QED) is 0.547. The van der Waals surface area contributed by atoms with E-state index in [-0.39, 0.29) is 0 Å². The van der Waals surface area contributed by atoms with Crippen molar-refractivity contribution in [3.05, 3.63) is 0 Å². The van der Waals surface area contributed by atoms with Crippen molar-refractivity contribution in [3.63, 3.8) is 0 Å². The SMILES string of the molecule is CCN(CC1CCC1)C(=S)NCCCOC. The summed E-state index contributed by atoms with van der Waals surface area (Å²) < 4.78 is 5.00. The predicted octanol–water partition coefficient (Wildman–Crippen LogP) is 2.02. The highest BCUT2D eigenvalue weighted by molar-refractivity contribution is 7.80. The number of nitrogens with zero attached hydrogens (tertiary/aromatic N) is 1. The van der Waals surface area contributed by atoms with E-state index < -0.39 is 0 Å². The molecule has 0 aromatic carbocycles. The molecule has 1 fully saturated rings. The second-order valence-corrected chi connectivity index (χ2v) is 4.80. The molecule has 1 aliphatic rings. The summed E-state index contributed by atoms with van der Waals surface area (Å²) >= 11 is 5.39. The van der Waals surface area contributed by atoms with Gasteiger partial charge < -0.3 is 15.0 Å². The molecule has 0 radical (unpaired) electrons. The summed E-state index contributed by atoms with van der Waals surface area (Å²) in [5.41, 5.74) is 0. The molecule has 0 aliphatic heterocycles. The van der Waals surface area contributed by atoms with Gasteiger partial charge in [0.15, 0.2) is 5.11 Å². The van der Waals surface area contributed by atoms with E-state index >= 15 is 0 Å². The normalized spacial score (nSPS) is 15.6. The molecule has 4 heteroatoms. The fourth-order valence-corrected chi connectivity index (χ4v) is 2.17. The Morgan fingerprint density at radius 1 is 1.50 bits per heavy atom. The Hall–Kier alpha value is -0.350. The monoisotopic (exact) mass is 244 g/mol. The van der Waals surface area contributed by atoms with E-state index in [0.717, 1.165) is 43.7 Å². The largest absolute Gasteiger partial charge is 0.385 e. The topological polar surface area (TPSA) is 24.5 Å². The van der Waals surface area contributed by atoms with Crippen LogP contribution in [0.2, 0.25) is 0 Å². The number of hydrogen-bond donors (Lipinski definition) is 1. The van der Waals surface area contributed by atoms with Gasteiger partial charge in [0.2, 0.25) is 0 Å². The van der Waals surface area contributed by atoms with Gasteiger partial charge in [-0.3, -0.25) is 0 Å². The van der Waals surface area contributed by atoms with Crippen LogP contribution < -0.4 is 5.32 Å². The van der Waals surface area contributed by atoms with Crippen molar-refractivity contribution in [3.8, 4) is 0 Å². The third-order valence-corrected chi connectivity index (χ3v) is 3.58. The summed E-state index contributed by atoms with van der Waals surface area (Å²) in [5.74, 6) is 0.874. The van der Waals surface area contributed by atoms with Gasteiger partial charge in [0.25, 0.3) is 0 Å². The van der Waals surface area contributed by atoms with Crippen molar-refractivity contribution in [1.29, 1.82) is 0 Å². The molecular weight excluding hydrogens is 220 g/mol. The lowest BCUT2D eigenvalue weighted by Gasteiger charge is -2.33. The molecule has 3 nitrogen and oxygen atoms in total. The fourth-order valence-electron chi connectivity index (χ4n) is 1.87. The molecule has 1 aliphatic carbocycles. The summed E-state index contributed by atoms with van der Waals surface area (Å²) in [5, 5.41) is 4.21. The summed E-state index contributed by atoms with van der Waals surface area (Å²) in [6.07, 6.45) is 5.17. The van der Waals surface area contributed by atoms with Gasteiger partial charge in [-0.15, -0.1) is 0 Å². The smallest absolute Gasteiger partial charge is 0.168 e. The van der Waals surface area contributed by atoms with Gasteiger partial charge >= 0.3 is 0 Å². The number of rotatable bonds is 7. The lowest BCUT2D eigenvalue weighted by atomic mass is 9.85. The molecule has 0 saturated heterocycles. The lowest BCUT2D eigenvalue weighted by molar-refractivity contribution is 0.195. The van der Waals surface area contributed by atoms with Gasteiger partial charge in [0, 0.05) is 33.4 Å². The third kappa shape index (κ3) is 4.66. The Morgan fingerprint density at radius 3 is 2.75 bits per heavy atom.